The predicted octanol–water partition coefficient (Wildman–Crippen LogP) is 7.80. The summed E-state index contributed by atoms with van der Waals surface area (Å²) in [5.74, 6) is 6.84. The zero-order valence-corrected chi connectivity index (χ0v) is 23.0. The van der Waals surface area contributed by atoms with Gasteiger partial charge in [0.15, 0.2) is 0 Å². The van der Waals surface area contributed by atoms with E-state index in [4.69, 9.17) is 5.73 Å². The first-order valence-corrected chi connectivity index (χ1v) is 15.2. The van der Waals surface area contributed by atoms with Gasteiger partial charge in [0.05, 0.1) is 0 Å². The molecule has 0 saturated heterocycles. The third-order valence-corrected chi connectivity index (χ3v) is 11.9. The molecule has 4 aliphatic carbocycles. The molecule has 192 valence electrons. The van der Waals surface area contributed by atoms with Crippen LogP contribution >= 0.6 is 0 Å². The fourth-order valence-corrected chi connectivity index (χ4v) is 10.0. The van der Waals surface area contributed by atoms with E-state index in [1.807, 2.05) is 0 Å². The van der Waals surface area contributed by atoms with Crippen LogP contribution in [0.5, 0.6) is 0 Å². The van der Waals surface area contributed by atoms with Gasteiger partial charge in [-0.05, 0) is 136 Å². The number of hydrogen-bond acceptors (Lipinski definition) is 2. The first-order valence-electron chi connectivity index (χ1n) is 15.2. The minimum atomic E-state index is 0.626. The second-order valence-corrected chi connectivity index (χ2v) is 14.1. The number of nitrogens with two attached hydrogens (primary N) is 1. The number of fused-ring (bicyclic) bond motifs is 5. The van der Waals surface area contributed by atoms with E-state index in [9.17, 15) is 0 Å². The summed E-state index contributed by atoms with van der Waals surface area (Å²) in [5.41, 5.74) is 6.96. The van der Waals surface area contributed by atoms with Gasteiger partial charge in [-0.25, -0.2) is 0 Å². The van der Waals surface area contributed by atoms with E-state index in [1.165, 1.54) is 83.6 Å². The molecular formula is C31H58N2. The third kappa shape index (κ3) is 5.23. The van der Waals surface area contributed by atoms with Gasteiger partial charge in [-0.2, -0.15) is 0 Å². The molecule has 33 heavy (non-hydrogen) atoms. The SMILES string of the molecule is CC(C)CCCC(C)[C@H]1CCC2C3CC[C@H]4C[C@@H](NCCCCN)CC[C@]4(C)C3CC[C@@]21C. The zero-order valence-electron chi connectivity index (χ0n) is 23.0. The third-order valence-electron chi connectivity index (χ3n) is 11.9. The van der Waals surface area contributed by atoms with Crippen LogP contribution in [0.2, 0.25) is 0 Å². The van der Waals surface area contributed by atoms with Gasteiger partial charge >= 0.3 is 0 Å². The molecule has 0 aliphatic heterocycles. The highest BCUT2D eigenvalue weighted by Crippen LogP contribution is 2.68. The summed E-state index contributed by atoms with van der Waals surface area (Å²) >= 11 is 0. The molecule has 3 N–H and O–H groups in total. The van der Waals surface area contributed by atoms with Crippen LogP contribution in [-0.4, -0.2) is 19.1 Å². The smallest absolute Gasteiger partial charge is 0.00701 e. The summed E-state index contributed by atoms with van der Waals surface area (Å²) in [5, 5.41) is 3.91. The van der Waals surface area contributed by atoms with Crippen molar-refractivity contribution >= 4 is 0 Å². The Morgan fingerprint density at radius 2 is 1.58 bits per heavy atom. The van der Waals surface area contributed by atoms with E-state index < -0.39 is 0 Å². The molecule has 0 aromatic carbocycles. The van der Waals surface area contributed by atoms with Crippen molar-refractivity contribution in [2.75, 3.05) is 13.1 Å². The molecular weight excluding hydrogens is 400 g/mol. The van der Waals surface area contributed by atoms with E-state index in [0.29, 0.717) is 10.8 Å². The fourth-order valence-electron chi connectivity index (χ4n) is 10.0. The molecule has 4 fully saturated rings. The van der Waals surface area contributed by atoms with Crippen LogP contribution in [-0.2, 0) is 0 Å². The lowest BCUT2D eigenvalue weighted by Crippen LogP contribution is -2.55. The summed E-state index contributed by atoms with van der Waals surface area (Å²) in [4.78, 5) is 0. The van der Waals surface area contributed by atoms with Crippen LogP contribution in [0, 0.1) is 52.3 Å². The van der Waals surface area contributed by atoms with Gasteiger partial charge in [0.2, 0.25) is 0 Å². The van der Waals surface area contributed by atoms with Gasteiger partial charge < -0.3 is 11.1 Å². The second-order valence-electron chi connectivity index (χ2n) is 14.1. The van der Waals surface area contributed by atoms with E-state index in [1.54, 1.807) is 12.8 Å². The molecule has 0 aromatic heterocycles. The molecule has 0 bridgehead atoms. The lowest BCUT2D eigenvalue weighted by molar-refractivity contribution is -0.118. The van der Waals surface area contributed by atoms with Crippen LogP contribution in [0.1, 0.15) is 125 Å². The van der Waals surface area contributed by atoms with Crippen molar-refractivity contribution in [1.29, 1.82) is 0 Å². The van der Waals surface area contributed by atoms with Crippen molar-refractivity contribution in [2.24, 2.45) is 58.0 Å². The first-order chi connectivity index (χ1) is 15.8. The first kappa shape index (κ1) is 26.0. The molecule has 2 heteroatoms. The van der Waals surface area contributed by atoms with Crippen LogP contribution < -0.4 is 11.1 Å². The Balaban J connectivity index is 1.36. The summed E-state index contributed by atoms with van der Waals surface area (Å²) in [6.07, 6.45) is 20.3. The average molecular weight is 459 g/mol. The van der Waals surface area contributed by atoms with E-state index in [-0.39, 0.29) is 0 Å². The maximum Gasteiger partial charge on any atom is 0.00701 e. The molecule has 0 spiro atoms. The highest BCUT2D eigenvalue weighted by molar-refractivity contribution is 5.10. The topological polar surface area (TPSA) is 38.0 Å². The van der Waals surface area contributed by atoms with E-state index >= 15 is 0 Å². The molecule has 4 aliphatic rings. The molecule has 2 nitrogen and oxygen atoms in total. The largest absolute Gasteiger partial charge is 0.330 e. The fraction of sp³-hybridized carbons (Fsp3) is 1.00. The summed E-state index contributed by atoms with van der Waals surface area (Å²) < 4.78 is 0. The minimum Gasteiger partial charge on any atom is -0.330 e. The van der Waals surface area contributed by atoms with Crippen molar-refractivity contribution in [3.8, 4) is 0 Å². The number of hydrogen-bond donors (Lipinski definition) is 2. The van der Waals surface area contributed by atoms with Crippen molar-refractivity contribution in [3.05, 3.63) is 0 Å². The van der Waals surface area contributed by atoms with Gasteiger partial charge in [-0.15, -0.1) is 0 Å². The number of rotatable bonds is 10. The van der Waals surface area contributed by atoms with Gasteiger partial charge in [-0.1, -0.05) is 53.9 Å². The summed E-state index contributed by atoms with van der Waals surface area (Å²) in [6.45, 7) is 14.9. The Morgan fingerprint density at radius 1 is 0.818 bits per heavy atom. The molecule has 0 radical (unpaired) electrons. The van der Waals surface area contributed by atoms with E-state index in [0.717, 1.165) is 54.0 Å². The van der Waals surface area contributed by atoms with Crippen molar-refractivity contribution < 1.29 is 0 Å². The highest BCUT2D eigenvalue weighted by Gasteiger charge is 2.60. The van der Waals surface area contributed by atoms with Gasteiger partial charge in [0.25, 0.3) is 0 Å². The quantitative estimate of drug-likeness (QED) is 0.328. The number of nitrogens with one attached hydrogen (secondary N) is 1. The van der Waals surface area contributed by atoms with Crippen LogP contribution in [0.15, 0.2) is 0 Å². The van der Waals surface area contributed by atoms with Crippen LogP contribution in [0.3, 0.4) is 0 Å². The zero-order chi connectivity index (χ0) is 23.6. The Labute approximate surface area is 207 Å². The highest BCUT2D eigenvalue weighted by atomic mass is 14.9. The molecule has 4 saturated carbocycles. The summed E-state index contributed by atoms with van der Waals surface area (Å²) in [6, 6.07) is 0.772. The van der Waals surface area contributed by atoms with Crippen molar-refractivity contribution in [2.45, 2.75) is 131 Å². The van der Waals surface area contributed by atoms with Gasteiger partial charge in [0.1, 0.15) is 0 Å². The second kappa shape index (κ2) is 10.9. The van der Waals surface area contributed by atoms with Crippen LogP contribution in [0.4, 0.5) is 0 Å². The molecule has 4 unspecified atom stereocenters. The predicted molar refractivity (Wildman–Crippen MR) is 143 cm³/mol. The number of unbranched alkanes of at least 4 members (excludes halogenated alkanes) is 1. The normalized spacial score (nSPS) is 43.7. The Morgan fingerprint density at radius 3 is 2.33 bits per heavy atom. The van der Waals surface area contributed by atoms with Crippen molar-refractivity contribution in [1.82, 2.24) is 5.32 Å². The Kier molecular flexibility index (Phi) is 8.58. The molecule has 0 aromatic rings. The van der Waals surface area contributed by atoms with Crippen molar-refractivity contribution in [3.63, 3.8) is 0 Å². The van der Waals surface area contributed by atoms with E-state index in [2.05, 4.69) is 39.9 Å². The lowest BCUT2D eigenvalue weighted by Gasteiger charge is -2.61. The lowest BCUT2D eigenvalue weighted by atomic mass is 9.44. The monoisotopic (exact) mass is 458 g/mol. The summed E-state index contributed by atoms with van der Waals surface area (Å²) in [7, 11) is 0. The standard InChI is InChI=1S/C31H58N2/c1-22(2)9-8-10-23(3)27-13-14-28-26-12-11-24-21-25(33-20-7-6-19-32)15-17-30(24,4)29(26)16-18-31(27,28)5/h22-29,33H,6-21,32H2,1-5H3/t23?,24-,25-,26?,27+,28?,29?,30-,31+/m0/s1. The molecule has 9 atom stereocenters. The maximum atomic E-state index is 5.69. The minimum absolute atomic E-state index is 0.626. The molecule has 4 rings (SSSR count). The average Bonchev–Trinajstić information content (AvgIpc) is 3.14. The van der Waals surface area contributed by atoms with Gasteiger partial charge in [0, 0.05) is 6.04 Å². The van der Waals surface area contributed by atoms with Gasteiger partial charge in [-0.3, -0.25) is 0 Å². The molecule has 0 heterocycles. The molecule has 0 amide bonds. The maximum absolute atomic E-state index is 5.69. The van der Waals surface area contributed by atoms with Crippen LogP contribution in [0.25, 0.3) is 0 Å². The Hall–Kier alpha value is -0.0800. The Bertz CT molecular complexity index is 616.